The minimum absolute atomic E-state index is 0.678. The quantitative estimate of drug-likeness (QED) is 0.633. The van der Waals surface area contributed by atoms with Gasteiger partial charge in [0.15, 0.2) is 0 Å². The number of hydrogen-bond donors (Lipinski definition) is 0. The third-order valence-corrected chi connectivity index (χ3v) is 6.07. The monoisotopic (exact) mass is 424 g/mol. The van der Waals surface area contributed by atoms with E-state index in [2.05, 4.69) is 36.6 Å². The van der Waals surface area contributed by atoms with Crippen molar-refractivity contribution >= 4 is 40.2 Å². The third kappa shape index (κ3) is 3.97. The predicted molar refractivity (Wildman–Crippen MR) is 121 cm³/mol. The molecule has 8 nitrogen and oxygen atoms in total. The van der Waals surface area contributed by atoms with Crippen LogP contribution in [0.2, 0.25) is 5.02 Å². The second-order valence-electron chi connectivity index (χ2n) is 7.84. The molecule has 9 heteroatoms. The van der Waals surface area contributed by atoms with E-state index < -0.39 is 0 Å². The van der Waals surface area contributed by atoms with E-state index in [9.17, 15) is 0 Å². The fourth-order valence-corrected chi connectivity index (χ4v) is 4.13. The Morgan fingerprint density at radius 2 is 1.43 bits per heavy atom. The first-order valence-corrected chi connectivity index (χ1v) is 10.7. The highest BCUT2D eigenvalue weighted by molar-refractivity contribution is 6.31. The van der Waals surface area contributed by atoms with Crippen molar-refractivity contribution in [3.63, 3.8) is 0 Å². The van der Waals surface area contributed by atoms with E-state index in [4.69, 9.17) is 21.6 Å². The van der Waals surface area contributed by atoms with Gasteiger partial charge in [-0.05, 0) is 31.3 Å². The standard InChI is InChI=1S/C21H25ClN8/c1-27-6-8-28(9-7-27)19-4-5-23-21(26-19)30-12-10-29(11-13-30)20-15-24-18-14-16(22)2-3-17(18)25-20/h2-5,14-15H,6-13H2,1H3. The highest BCUT2D eigenvalue weighted by Crippen LogP contribution is 2.22. The average Bonchev–Trinajstić information content (AvgIpc) is 2.79. The first kappa shape index (κ1) is 19.3. The number of aromatic nitrogens is 4. The van der Waals surface area contributed by atoms with Gasteiger partial charge in [-0.1, -0.05) is 11.6 Å². The Morgan fingerprint density at radius 3 is 2.23 bits per heavy atom. The molecule has 156 valence electrons. The summed E-state index contributed by atoms with van der Waals surface area (Å²) in [7, 11) is 2.16. The van der Waals surface area contributed by atoms with E-state index in [0.29, 0.717) is 5.02 Å². The van der Waals surface area contributed by atoms with E-state index in [-0.39, 0.29) is 0 Å². The van der Waals surface area contributed by atoms with Crippen molar-refractivity contribution < 1.29 is 0 Å². The lowest BCUT2D eigenvalue weighted by Gasteiger charge is -2.36. The smallest absolute Gasteiger partial charge is 0.227 e. The summed E-state index contributed by atoms with van der Waals surface area (Å²) in [4.78, 5) is 27.9. The summed E-state index contributed by atoms with van der Waals surface area (Å²) in [6.45, 7) is 7.57. The highest BCUT2D eigenvalue weighted by atomic mass is 35.5. The van der Waals surface area contributed by atoms with E-state index >= 15 is 0 Å². The number of piperazine rings is 2. The van der Waals surface area contributed by atoms with Crippen LogP contribution in [0.3, 0.4) is 0 Å². The maximum Gasteiger partial charge on any atom is 0.227 e. The number of likely N-dealkylation sites (N-methyl/N-ethyl adjacent to an activating group) is 1. The van der Waals surface area contributed by atoms with Gasteiger partial charge in [-0.3, -0.25) is 4.98 Å². The first-order chi connectivity index (χ1) is 14.7. The molecule has 0 spiro atoms. The van der Waals surface area contributed by atoms with Crippen molar-refractivity contribution in [2.75, 3.05) is 74.1 Å². The number of benzene rings is 1. The minimum atomic E-state index is 0.678. The van der Waals surface area contributed by atoms with Gasteiger partial charge >= 0.3 is 0 Å². The van der Waals surface area contributed by atoms with E-state index in [1.54, 1.807) is 0 Å². The first-order valence-electron chi connectivity index (χ1n) is 10.3. The molecule has 5 rings (SSSR count). The Labute approximate surface area is 181 Å². The van der Waals surface area contributed by atoms with Gasteiger partial charge < -0.3 is 19.6 Å². The van der Waals surface area contributed by atoms with E-state index in [0.717, 1.165) is 81.0 Å². The van der Waals surface area contributed by atoms with Crippen molar-refractivity contribution in [2.24, 2.45) is 0 Å². The normalized spacial score (nSPS) is 18.3. The van der Waals surface area contributed by atoms with Gasteiger partial charge in [0.25, 0.3) is 0 Å². The predicted octanol–water partition coefficient (Wildman–Crippen LogP) is 2.15. The molecule has 2 aliphatic heterocycles. The lowest BCUT2D eigenvalue weighted by Crippen LogP contribution is -2.48. The third-order valence-electron chi connectivity index (χ3n) is 5.83. The second kappa shape index (κ2) is 8.20. The summed E-state index contributed by atoms with van der Waals surface area (Å²) in [5.41, 5.74) is 1.68. The van der Waals surface area contributed by atoms with Crippen LogP contribution in [0, 0.1) is 0 Å². The molecule has 3 aromatic rings. The van der Waals surface area contributed by atoms with Crippen LogP contribution in [-0.4, -0.2) is 84.2 Å². The topological polar surface area (TPSA) is 64.5 Å². The van der Waals surface area contributed by atoms with Gasteiger partial charge in [0.05, 0.1) is 17.2 Å². The molecule has 0 N–H and O–H groups in total. The summed E-state index contributed by atoms with van der Waals surface area (Å²) in [6.07, 6.45) is 3.71. The van der Waals surface area contributed by atoms with Crippen molar-refractivity contribution in [1.82, 2.24) is 24.8 Å². The summed E-state index contributed by atoms with van der Waals surface area (Å²) in [5, 5.41) is 0.678. The molecular weight excluding hydrogens is 400 g/mol. The fourth-order valence-electron chi connectivity index (χ4n) is 3.97. The molecule has 2 fully saturated rings. The Balaban J connectivity index is 1.26. The fraction of sp³-hybridized carbons (Fsp3) is 0.429. The molecule has 2 saturated heterocycles. The molecule has 0 amide bonds. The van der Waals surface area contributed by atoms with Gasteiger partial charge in [-0.25, -0.2) is 9.97 Å². The Bertz CT molecular complexity index is 1030. The maximum absolute atomic E-state index is 6.05. The van der Waals surface area contributed by atoms with Crippen molar-refractivity contribution in [1.29, 1.82) is 0 Å². The number of rotatable bonds is 3. The van der Waals surface area contributed by atoms with Gasteiger partial charge in [0, 0.05) is 63.6 Å². The molecule has 1 aromatic carbocycles. The molecule has 0 atom stereocenters. The van der Waals surface area contributed by atoms with E-state index in [1.807, 2.05) is 36.7 Å². The van der Waals surface area contributed by atoms with Gasteiger partial charge in [-0.15, -0.1) is 0 Å². The number of halogens is 1. The zero-order valence-electron chi connectivity index (χ0n) is 17.1. The molecule has 30 heavy (non-hydrogen) atoms. The van der Waals surface area contributed by atoms with Crippen LogP contribution in [0.25, 0.3) is 11.0 Å². The molecule has 0 radical (unpaired) electrons. The van der Waals surface area contributed by atoms with Crippen LogP contribution in [0.1, 0.15) is 0 Å². The lowest BCUT2D eigenvalue weighted by atomic mass is 10.3. The van der Waals surface area contributed by atoms with Crippen LogP contribution in [0.4, 0.5) is 17.6 Å². The zero-order chi connectivity index (χ0) is 20.5. The summed E-state index contributed by atoms with van der Waals surface area (Å²) < 4.78 is 0. The molecule has 0 unspecified atom stereocenters. The van der Waals surface area contributed by atoms with Crippen molar-refractivity contribution in [2.45, 2.75) is 0 Å². The lowest BCUT2D eigenvalue weighted by molar-refractivity contribution is 0.312. The molecule has 0 aliphatic carbocycles. The minimum Gasteiger partial charge on any atom is -0.354 e. The summed E-state index contributed by atoms with van der Waals surface area (Å²) >= 11 is 6.05. The Morgan fingerprint density at radius 1 is 0.733 bits per heavy atom. The molecule has 2 aliphatic rings. The Kier molecular flexibility index (Phi) is 5.26. The van der Waals surface area contributed by atoms with Gasteiger partial charge in [0.1, 0.15) is 11.6 Å². The van der Waals surface area contributed by atoms with E-state index in [1.165, 1.54) is 0 Å². The number of hydrogen-bond acceptors (Lipinski definition) is 8. The van der Waals surface area contributed by atoms with Crippen LogP contribution in [0.15, 0.2) is 36.7 Å². The van der Waals surface area contributed by atoms with Crippen LogP contribution >= 0.6 is 11.6 Å². The van der Waals surface area contributed by atoms with Crippen LogP contribution in [0.5, 0.6) is 0 Å². The average molecular weight is 425 g/mol. The van der Waals surface area contributed by atoms with Crippen molar-refractivity contribution in [3.05, 3.63) is 41.7 Å². The molecule has 2 aromatic heterocycles. The van der Waals surface area contributed by atoms with Crippen LogP contribution in [-0.2, 0) is 0 Å². The molecular formula is C21H25ClN8. The zero-order valence-corrected chi connectivity index (χ0v) is 17.8. The molecule has 0 bridgehead atoms. The Hall–Kier alpha value is -2.71. The second-order valence-corrected chi connectivity index (χ2v) is 8.28. The largest absolute Gasteiger partial charge is 0.354 e. The van der Waals surface area contributed by atoms with Crippen molar-refractivity contribution in [3.8, 4) is 0 Å². The van der Waals surface area contributed by atoms with Gasteiger partial charge in [0.2, 0.25) is 5.95 Å². The van der Waals surface area contributed by atoms with Gasteiger partial charge in [-0.2, -0.15) is 4.98 Å². The molecule has 0 saturated carbocycles. The highest BCUT2D eigenvalue weighted by Gasteiger charge is 2.22. The van der Waals surface area contributed by atoms with Crippen LogP contribution < -0.4 is 14.7 Å². The number of anilines is 3. The summed E-state index contributed by atoms with van der Waals surface area (Å²) in [6, 6.07) is 7.63. The maximum atomic E-state index is 6.05. The summed E-state index contributed by atoms with van der Waals surface area (Å²) in [5.74, 6) is 2.73. The number of fused-ring (bicyclic) bond motifs is 1. The SMILES string of the molecule is CN1CCN(c2ccnc(N3CCN(c4cnc5cc(Cl)ccc5n4)CC3)n2)CC1. The molecule has 4 heterocycles. The number of nitrogens with zero attached hydrogens (tertiary/aromatic N) is 8.